The number of nitrogens with one attached hydrogen (secondary N) is 1. The van der Waals surface area contributed by atoms with Crippen LogP contribution in [0.1, 0.15) is 110 Å². The molecule has 0 aliphatic carbocycles. The molecular formula is C22H43N. The molecule has 0 aliphatic heterocycles. The zero-order valence-corrected chi connectivity index (χ0v) is 16.0. The highest BCUT2D eigenvalue weighted by Gasteiger charge is 1.94. The van der Waals surface area contributed by atoms with Crippen LogP contribution >= 0.6 is 0 Å². The number of rotatable bonds is 19. The quantitative estimate of drug-likeness (QED) is 0.191. The summed E-state index contributed by atoms with van der Waals surface area (Å²) in [4.78, 5) is 0. The summed E-state index contributed by atoms with van der Waals surface area (Å²) in [6.45, 7) is 6.84. The van der Waals surface area contributed by atoms with E-state index in [1.165, 1.54) is 103 Å². The fourth-order valence-electron chi connectivity index (χ4n) is 2.99. The van der Waals surface area contributed by atoms with Crippen molar-refractivity contribution in [1.82, 2.24) is 5.32 Å². The van der Waals surface area contributed by atoms with Gasteiger partial charge in [0.25, 0.3) is 0 Å². The predicted octanol–water partition coefficient (Wildman–Crippen LogP) is 7.54. The maximum Gasteiger partial charge on any atom is 0.0325 e. The zero-order chi connectivity index (χ0) is 16.8. The van der Waals surface area contributed by atoms with Crippen LogP contribution in [0.25, 0.3) is 0 Å². The summed E-state index contributed by atoms with van der Waals surface area (Å²) < 4.78 is 0. The van der Waals surface area contributed by atoms with Crippen molar-refractivity contribution in [3.8, 4) is 0 Å². The summed E-state index contributed by atoms with van der Waals surface area (Å²) in [5, 5.41) is 3.08. The van der Waals surface area contributed by atoms with Gasteiger partial charge in [-0.1, -0.05) is 116 Å². The molecule has 0 aromatic rings. The van der Waals surface area contributed by atoms with Gasteiger partial charge in [0.05, 0.1) is 0 Å². The van der Waals surface area contributed by atoms with Crippen molar-refractivity contribution in [3.63, 3.8) is 0 Å². The lowest BCUT2D eigenvalue weighted by Crippen LogP contribution is -2.01. The minimum atomic E-state index is 0.919. The molecule has 1 N–H and O–H groups in total. The van der Waals surface area contributed by atoms with Crippen LogP contribution in [0.4, 0.5) is 0 Å². The second kappa shape index (κ2) is 21.3. The molecule has 0 aromatic carbocycles. The number of allylic oxidation sites excluding steroid dienone is 1. The van der Waals surface area contributed by atoms with Gasteiger partial charge in [-0.25, -0.2) is 0 Å². The number of unbranched alkanes of at least 4 members (excludes halogenated alkanes) is 15. The van der Waals surface area contributed by atoms with Crippen molar-refractivity contribution in [1.29, 1.82) is 0 Å². The molecule has 0 amide bonds. The summed E-state index contributed by atoms with van der Waals surface area (Å²) >= 11 is 0. The molecule has 0 unspecified atom stereocenters. The van der Waals surface area contributed by atoms with Gasteiger partial charge < -0.3 is 5.32 Å². The molecule has 136 valence electrons. The molecule has 0 aliphatic rings. The number of hydrogen-bond acceptors (Lipinski definition) is 1. The SMILES string of the molecule is C=CNCC=CCCCCCCCCCCCCCCCCC. The van der Waals surface area contributed by atoms with E-state index in [1.807, 2.05) is 0 Å². The Labute approximate surface area is 147 Å². The van der Waals surface area contributed by atoms with Gasteiger partial charge in [-0.3, -0.25) is 0 Å². The maximum atomic E-state index is 3.63. The van der Waals surface area contributed by atoms with E-state index in [-0.39, 0.29) is 0 Å². The van der Waals surface area contributed by atoms with Crippen LogP contribution < -0.4 is 5.32 Å². The molecule has 0 saturated carbocycles. The van der Waals surface area contributed by atoms with Crippen LogP contribution in [0, 0.1) is 0 Å². The van der Waals surface area contributed by atoms with E-state index < -0.39 is 0 Å². The van der Waals surface area contributed by atoms with Gasteiger partial charge in [-0.15, -0.1) is 0 Å². The second-order valence-electron chi connectivity index (χ2n) is 6.82. The largest absolute Gasteiger partial charge is 0.388 e. The van der Waals surface area contributed by atoms with Gasteiger partial charge in [0.2, 0.25) is 0 Å². The maximum absolute atomic E-state index is 3.63. The van der Waals surface area contributed by atoms with Crippen molar-refractivity contribution < 1.29 is 0 Å². The number of hydrogen-bond donors (Lipinski definition) is 1. The Morgan fingerprint density at radius 1 is 0.609 bits per heavy atom. The Hall–Kier alpha value is -0.720. The third-order valence-corrected chi connectivity index (χ3v) is 4.52. The van der Waals surface area contributed by atoms with E-state index in [1.54, 1.807) is 6.20 Å². The summed E-state index contributed by atoms with van der Waals surface area (Å²) in [5.41, 5.74) is 0. The van der Waals surface area contributed by atoms with Crippen LogP contribution in [-0.2, 0) is 0 Å². The Morgan fingerprint density at radius 3 is 1.48 bits per heavy atom. The van der Waals surface area contributed by atoms with E-state index in [4.69, 9.17) is 0 Å². The van der Waals surface area contributed by atoms with Crippen molar-refractivity contribution in [2.75, 3.05) is 6.54 Å². The zero-order valence-electron chi connectivity index (χ0n) is 16.0. The molecule has 0 rings (SSSR count). The standard InChI is InChI=1S/C22H43N/c1-3-5-6-7-8-9-10-11-12-13-14-15-16-17-18-19-20-21-22-23-4-2/h4,20-21,23H,2-3,5-19,22H2,1H3. The van der Waals surface area contributed by atoms with E-state index in [2.05, 4.69) is 31.0 Å². The monoisotopic (exact) mass is 321 g/mol. The van der Waals surface area contributed by atoms with Crippen molar-refractivity contribution >= 4 is 0 Å². The first-order chi connectivity index (χ1) is 11.4. The van der Waals surface area contributed by atoms with Crippen LogP contribution in [0.2, 0.25) is 0 Å². The molecule has 0 spiro atoms. The van der Waals surface area contributed by atoms with Gasteiger partial charge in [-0.05, 0) is 19.0 Å². The van der Waals surface area contributed by atoms with Gasteiger partial charge in [0, 0.05) is 6.54 Å². The Morgan fingerprint density at radius 2 is 1.04 bits per heavy atom. The molecule has 0 fully saturated rings. The normalized spacial score (nSPS) is 11.2. The topological polar surface area (TPSA) is 12.0 Å². The lowest BCUT2D eigenvalue weighted by atomic mass is 10.0. The van der Waals surface area contributed by atoms with Gasteiger partial charge in [0.1, 0.15) is 0 Å². The van der Waals surface area contributed by atoms with Crippen LogP contribution in [0.3, 0.4) is 0 Å². The van der Waals surface area contributed by atoms with Crippen molar-refractivity contribution in [3.05, 3.63) is 24.9 Å². The highest BCUT2D eigenvalue weighted by molar-refractivity contribution is 4.85. The third kappa shape index (κ3) is 21.3. The predicted molar refractivity (Wildman–Crippen MR) is 107 cm³/mol. The average Bonchev–Trinajstić information content (AvgIpc) is 2.57. The molecule has 23 heavy (non-hydrogen) atoms. The Balaban J connectivity index is 3.00. The summed E-state index contributed by atoms with van der Waals surface area (Å²) in [7, 11) is 0. The fourth-order valence-corrected chi connectivity index (χ4v) is 2.99. The molecule has 0 aromatic heterocycles. The molecule has 0 heterocycles. The molecule has 0 bridgehead atoms. The van der Waals surface area contributed by atoms with E-state index in [9.17, 15) is 0 Å². The first-order valence-corrected chi connectivity index (χ1v) is 10.4. The molecule has 0 saturated heterocycles. The first-order valence-electron chi connectivity index (χ1n) is 10.4. The molecular weight excluding hydrogens is 278 g/mol. The molecule has 0 radical (unpaired) electrons. The summed E-state index contributed by atoms with van der Waals surface area (Å²) in [5.74, 6) is 0. The van der Waals surface area contributed by atoms with Crippen LogP contribution in [0.5, 0.6) is 0 Å². The first kappa shape index (κ1) is 22.3. The van der Waals surface area contributed by atoms with E-state index in [0.717, 1.165) is 6.54 Å². The van der Waals surface area contributed by atoms with E-state index in [0.29, 0.717) is 0 Å². The highest BCUT2D eigenvalue weighted by Crippen LogP contribution is 2.13. The summed E-state index contributed by atoms with van der Waals surface area (Å²) in [6.07, 6.45) is 29.1. The molecule has 0 atom stereocenters. The van der Waals surface area contributed by atoms with E-state index >= 15 is 0 Å². The molecule has 1 heteroatoms. The fraction of sp³-hybridized carbons (Fsp3) is 0.818. The van der Waals surface area contributed by atoms with Gasteiger partial charge >= 0.3 is 0 Å². The van der Waals surface area contributed by atoms with Crippen LogP contribution in [0.15, 0.2) is 24.9 Å². The average molecular weight is 322 g/mol. The second-order valence-corrected chi connectivity index (χ2v) is 6.82. The van der Waals surface area contributed by atoms with Gasteiger partial charge in [-0.2, -0.15) is 0 Å². The minimum absolute atomic E-state index is 0.919. The Bertz CT molecular complexity index is 244. The highest BCUT2D eigenvalue weighted by atomic mass is 14.8. The summed E-state index contributed by atoms with van der Waals surface area (Å²) in [6, 6.07) is 0. The van der Waals surface area contributed by atoms with Crippen LogP contribution in [-0.4, -0.2) is 6.54 Å². The minimum Gasteiger partial charge on any atom is -0.388 e. The smallest absolute Gasteiger partial charge is 0.0325 e. The van der Waals surface area contributed by atoms with Crippen molar-refractivity contribution in [2.24, 2.45) is 0 Å². The molecule has 1 nitrogen and oxygen atoms in total. The lowest BCUT2D eigenvalue weighted by molar-refractivity contribution is 0.533. The lowest BCUT2D eigenvalue weighted by Gasteiger charge is -2.03. The van der Waals surface area contributed by atoms with Gasteiger partial charge in [0.15, 0.2) is 0 Å². The third-order valence-electron chi connectivity index (χ3n) is 4.52. The Kier molecular flexibility index (Phi) is 20.6. The van der Waals surface area contributed by atoms with Crippen molar-refractivity contribution in [2.45, 2.75) is 110 Å².